The van der Waals surface area contributed by atoms with E-state index in [2.05, 4.69) is 44.7 Å². The third kappa shape index (κ3) is 5.98. The molecule has 0 amide bonds. The summed E-state index contributed by atoms with van der Waals surface area (Å²) in [5, 5.41) is 12.4. The number of likely N-dealkylation sites (tertiary alicyclic amines) is 1. The molecule has 1 unspecified atom stereocenters. The summed E-state index contributed by atoms with van der Waals surface area (Å²) in [6, 6.07) is 8.50. The lowest BCUT2D eigenvalue weighted by atomic mass is 9.96. The molecule has 0 radical (unpaired) electrons. The summed E-state index contributed by atoms with van der Waals surface area (Å²) in [5.41, 5.74) is 1.22. The first-order chi connectivity index (χ1) is 15.1. The van der Waals surface area contributed by atoms with Crippen LogP contribution in [0.3, 0.4) is 0 Å². The van der Waals surface area contributed by atoms with Crippen molar-refractivity contribution < 1.29 is 0 Å². The monoisotopic (exact) mass is 443 g/mol. The fourth-order valence-electron chi connectivity index (χ4n) is 4.48. The van der Waals surface area contributed by atoms with E-state index >= 15 is 0 Å². The molecule has 2 aromatic rings. The molecule has 0 saturated carbocycles. The van der Waals surface area contributed by atoms with E-state index in [0.29, 0.717) is 12.0 Å². The predicted molar refractivity (Wildman–Crippen MR) is 125 cm³/mol. The smallest absolute Gasteiger partial charge is 0.191 e. The lowest BCUT2D eigenvalue weighted by molar-refractivity contribution is 0.180. The Bertz CT molecular complexity index is 886. The standard InChI is InChI=1S/C23H34ClN7/c1-3-25-23(28-20-8-9-22-27-17(2)29-31(22)16-20)26-14-18-10-12-30(13-11-18)15-19-6-4-5-7-21(19)24/h4-7,18,20H,3,8-16H2,1-2H3,(H2,25,26,28). The lowest BCUT2D eigenvalue weighted by Crippen LogP contribution is -2.47. The molecule has 1 aromatic carbocycles. The molecule has 1 fully saturated rings. The van der Waals surface area contributed by atoms with Gasteiger partial charge >= 0.3 is 0 Å². The molecule has 168 valence electrons. The van der Waals surface area contributed by atoms with Crippen molar-refractivity contribution in [3.63, 3.8) is 0 Å². The Balaban J connectivity index is 1.26. The Morgan fingerprint density at radius 2 is 2.03 bits per heavy atom. The van der Waals surface area contributed by atoms with Gasteiger partial charge in [0.05, 0.1) is 6.54 Å². The molecular weight excluding hydrogens is 410 g/mol. The van der Waals surface area contributed by atoms with Crippen molar-refractivity contribution in [3.05, 3.63) is 46.5 Å². The number of nitrogens with one attached hydrogen (secondary N) is 2. The van der Waals surface area contributed by atoms with Gasteiger partial charge in [0, 0.05) is 37.1 Å². The average Bonchev–Trinajstić information content (AvgIpc) is 3.14. The Kier molecular flexibility index (Phi) is 7.45. The van der Waals surface area contributed by atoms with Crippen LogP contribution in [0.4, 0.5) is 0 Å². The molecule has 1 saturated heterocycles. The topological polar surface area (TPSA) is 70.4 Å². The van der Waals surface area contributed by atoms with Crippen LogP contribution in [0.1, 0.15) is 43.4 Å². The fraction of sp³-hybridized carbons (Fsp3) is 0.609. The zero-order valence-corrected chi connectivity index (χ0v) is 19.4. The van der Waals surface area contributed by atoms with E-state index in [0.717, 1.165) is 74.7 Å². The summed E-state index contributed by atoms with van der Waals surface area (Å²) in [6.07, 6.45) is 4.38. The van der Waals surface area contributed by atoms with Crippen molar-refractivity contribution in [1.82, 2.24) is 30.3 Å². The minimum Gasteiger partial charge on any atom is -0.357 e. The Labute approximate surface area is 190 Å². The van der Waals surface area contributed by atoms with Gasteiger partial charge in [-0.25, -0.2) is 9.67 Å². The first-order valence-corrected chi connectivity index (χ1v) is 11.9. The molecule has 1 aromatic heterocycles. The molecule has 2 N–H and O–H groups in total. The molecule has 0 aliphatic carbocycles. The SMILES string of the molecule is CCNC(=NCC1CCN(Cc2ccccc2Cl)CC1)NC1CCc2nc(C)nn2C1. The van der Waals surface area contributed by atoms with E-state index in [4.69, 9.17) is 16.6 Å². The van der Waals surface area contributed by atoms with E-state index in [1.807, 2.05) is 23.7 Å². The molecule has 8 heteroatoms. The Morgan fingerprint density at radius 1 is 1.23 bits per heavy atom. The van der Waals surface area contributed by atoms with Gasteiger partial charge in [-0.2, -0.15) is 5.10 Å². The van der Waals surface area contributed by atoms with Crippen molar-refractivity contribution in [2.45, 2.75) is 58.7 Å². The van der Waals surface area contributed by atoms with Crippen LogP contribution in [0.25, 0.3) is 0 Å². The van der Waals surface area contributed by atoms with Gasteiger partial charge in [0.2, 0.25) is 0 Å². The number of aliphatic imine (C=N–C) groups is 1. The number of aromatic nitrogens is 3. The number of rotatable bonds is 6. The highest BCUT2D eigenvalue weighted by Gasteiger charge is 2.23. The fourth-order valence-corrected chi connectivity index (χ4v) is 4.68. The van der Waals surface area contributed by atoms with Crippen molar-refractivity contribution in [2.75, 3.05) is 26.2 Å². The summed E-state index contributed by atoms with van der Waals surface area (Å²) in [7, 11) is 0. The van der Waals surface area contributed by atoms with Gasteiger partial charge in [-0.1, -0.05) is 29.8 Å². The molecule has 1 atom stereocenters. The number of aryl methyl sites for hydroxylation is 2. The van der Waals surface area contributed by atoms with Crippen LogP contribution in [0.2, 0.25) is 5.02 Å². The molecule has 4 rings (SSSR count). The summed E-state index contributed by atoms with van der Waals surface area (Å²) < 4.78 is 2.04. The number of halogens is 1. The van der Waals surface area contributed by atoms with E-state index in [1.165, 1.54) is 18.4 Å². The van der Waals surface area contributed by atoms with Crippen LogP contribution in [0, 0.1) is 12.8 Å². The highest BCUT2D eigenvalue weighted by Crippen LogP contribution is 2.22. The largest absolute Gasteiger partial charge is 0.357 e. The van der Waals surface area contributed by atoms with Crippen molar-refractivity contribution in [1.29, 1.82) is 0 Å². The lowest BCUT2D eigenvalue weighted by Gasteiger charge is -2.31. The van der Waals surface area contributed by atoms with Crippen LogP contribution < -0.4 is 10.6 Å². The maximum absolute atomic E-state index is 6.33. The number of piperidine rings is 1. The maximum Gasteiger partial charge on any atom is 0.191 e. The molecule has 31 heavy (non-hydrogen) atoms. The first kappa shape index (κ1) is 22.1. The minimum atomic E-state index is 0.337. The van der Waals surface area contributed by atoms with Gasteiger partial charge in [0.25, 0.3) is 0 Å². The van der Waals surface area contributed by atoms with E-state index < -0.39 is 0 Å². The summed E-state index contributed by atoms with van der Waals surface area (Å²) >= 11 is 6.33. The molecule has 2 aliphatic rings. The highest BCUT2D eigenvalue weighted by atomic mass is 35.5. The second-order valence-corrected chi connectivity index (χ2v) is 9.08. The quantitative estimate of drug-likeness (QED) is 0.530. The highest BCUT2D eigenvalue weighted by molar-refractivity contribution is 6.31. The third-order valence-corrected chi connectivity index (χ3v) is 6.58. The number of benzene rings is 1. The van der Waals surface area contributed by atoms with Crippen molar-refractivity contribution >= 4 is 17.6 Å². The van der Waals surface area contributed by atoms with Gasteiger partial charge in [0.1, 0.15) is 11.6 Å². The normalized spacial score (nSPS) is 20.5. The molecule has 0 spiro atoms. The molecule has 7 nitrogen and oxygen atoms in total. The molecular formula is C23H34ClN7. The Hall–Kier alpha value is -2.12. The number of fused-ring (bicyclic) bond motifs is 1. The van der Waals surface area contributed by atoms with Crippen LogP contribution in [-0.2, 0) is 19.5 Å². The van der Waals surface area contributed by atoms with Crippen molar-refractivity contribution in [3.8, 4) is 0 Å². The summed E-state index contributed by atoms with van der Waals surface area (Å²) in [5.74, 6) is 3.51. The zero-order valence-electron chi connectivity index (χ0n) is 18.6. The number of nitrogens with zero attached hydrogens (tertiary/aromatic N) is 5. The number of hydrogen-bond donors (Lipinski definition) is 2. The van der Waals surface area contributed by atoms with Crippen molar-refractivity contribution in [2.24, 2.45) is 10.9 Å². The van der Waals surface area contributed by atoms with Gasteiger partial charge in [0.15, 0.2) is 5.96 Å². The van der Waals surface area contributed by atoms with E-state index in [-0.39, 0.29) is 0 Å². The summed E-state index contributed by atoms with van der Waals surface area (Å²) in [4.78, 5) is 11.9. The van der Waals surface area contributed by atoms with Gasteiger partial charge in [-0.3, -0.25) is 9.89 Å². The van der Waals surface area contributed by atoms with E-state index in [1.54, 1.807) is 0 Å². The van der Waals surface area contributed by atoms with E-state index in [9.17, 15) is 0 Å². The average molecular weight is 444 g/mol. The van der Waals surface area contributed by atoms with Gasteiger partial charge in [-0.15, -0.1) is 0 Å². The molecule has 0 bridgehead atoms. The van der Waals surface area contributed by atoms with Gasteiger partial charge < -0.3 is 10.6 Å². The van der Waals surface area contributed by atoms with Crippen LogP contribution in [0.5, 0.6) is 0 Å². The first-order valence-electron chi connectivity index (χ1n) is 11.5. The minimum absolute atomic E-state index is 0.337. The Morgan fingerprint density at radius 3 is 2.81 bits per heavy atom. The molecule has 3 heterocycles. The molecule has 2 aliphatic heterocycles. The van der Waals surface area contributed by atoms with Crippen LogP contribution >= 0.6 is 11.6 Å². The van der Waals surface area contributed by atoms with Gasteiger partial charge in [-0.05, 0) is 63.7 Å². The number of hydrogen-bond acceptors (Lipinski definition) is 4. The third-order valence-electron chi connectivity index (χ3n) is 6.22. The zero-order chi connectivity index (χ0) is 21.6. The maximum atomic E-state index is 6.33. The number of guanidine groups is 1. The second-order valence-electron chi connectivity index (χ2n) is 8.67. The van der Waals surface area contributed by atoms with Crippen LogP contribution in [0.15, 0.2) is 29.3 Å². The predicted octanol–water partition coefficient (Wildman–Crippen LogP) is 3.02. The second kappa shape index (κ2) is 10.5. The summed E-state index contributed by atoms with van der Waals surface area (Å²) in [6.45, 7) is 9.80. The van der Waals surface area contributed by atoms with Crippen LogP contribution in [-0.4, -0.2) is 57.8 Å².